The predicted molar refractivity (Wildman–Crippen MR) is 88.2 cm³/mol. The minimum Gasteiger partial charge on any atom is -0.676 e. The van der Waals surface area contributed by atoms with Gasteiger partial charge in [0.15, 0.2) is 0 Å². The zero-order chi connectivity index (χ0) is 16.3. The molecule has 0 radical (unpaired) electrons. The number of hydrogen-bond acceptors (Lipinski definition) is 3. The Morgan fingerprint density at radius 1 is 1.23 bits per heavy atom. The molecule has 0 aliphatic rings. The molecule has 1 N–H and O–H groups in total. The first-order chi connectivity index (χ1) is 9.86. The number of aromatic nitrogens is 3. The summed E-state index contributed by atoms with van der Waals surface area (Å²) < 4.78 is 6.96. The van der Waals surface area contributed by atoms with Gasteiger partial charge in [-0.1, -0.05) is 38.8 Å². The summed E-state index contributed by atoms with van der Waals surface area (Å²) in [5.41, 5.74) is 7.89. The third kappa shape index (κ3) is 13.4. The van der Waals surface area contributed by atoms with Crippen molar-refractivity contribution in [3.05, 3.63) is 23.5 Å². The standard InChI is InChI=1S/C9H17N4O.C7H15.W/c1-8(2)9-7-13(12-11-9)4-6-14-5-3-10;1-6(2)5-7(3)4;/h7-8,10H,3-6H2,1-2H3;6H,5H2,1-4H3;/q2*-1;+2. The van der Waals surface area contributed by atoms with E-state index in [1.807, 2.05) is 6.20 Å². The van der Waals surface area contributed by atoms with Crippen molar-refractivity contribution in [3.63, 3.8) is 0 Å². The zero-order valence-electron chi connectivity index (χ0n) is 14.9. The van der Waals surface area contributed by atoms with Crippen LogP contribution in [0.15, 0.2) is 6.20 Å². The van der Waals surface area contributed by atoms with Crippen molar-refractivity contribution in [1.29, 1.82) is 0 Å². The van der Waals surface area contributed by atoms with Gasteiger partial charge in [-0.2, -0.15) is 20.3 Å². The second kappa shape index (κ2) is 14.3. The fourth-order valence-corrected chi connectivity index (χ4v) is 1.84. The minimum atomic E-state index is 0. The Hall–Kier alpha value is -0.252. The van der Waals surface area contributed by atoms with Crippen LogP contribution < -0.4 is 0 Å². The Labute approximate surface area is 150 Å². The Kier molecular flexibility index (Phi) is 15.7. The molecule has 0 spiro atoms. The van der Waals surface area contributed by atoms with Crippen molar-refractivity contribution in [2.75, 3.05) is 19.8 Å². The molecule has 0 aliphatic heterocycles. The van der Waals surface area contributed by atoms with Crippen LogP contribution in [0.1, 0.15) is 59.6 Å². The van der Waals surface area contributed by atoms with E-state index in [1.54, 1.807) is 4.68 Å². The van der Waals surface area contributed by atoms with Gasteiger partial charge in [-0.3, -0.25) is 0 Å². The molecule has 0 aromatic carbocycles. The Balaban J connectivity index is 0. The summed E-state index contributed by atoms with van der Waals surface area (Å²) >= 11 is 0. The van der Waals surface area contributed by atoms with E-state index in [0.717, 1.165) is 11.6 Å². The van der Waals surface area contributed by atoms with Gasteiger partial charge in [0.2, 0.25) is 0 Å². The second-order valence-electron chi connectivity index (χ2n) is 6.23. The second-order valence-corrected chi connectivity index (χ2v) is 6.23. The predicted octanol–water partition coefficient (Wildman–Crippen LogP) is 4.11. The average molecular weight is 480 g/mol. The van der Waals surface area contributed by atoms with Crippen LogP contribution in [0, 0.1) is 11.8 Å². The van der Waals surface area contributed by atoms with E-state index in [2.05, 4.69) is 51.9 Å². The van der Waals surface area contributed by atoms with Gasteiger partial charge in [-0.05, 0) is 5.92 Å². The molecule has 1 aromatic heterocycles. The van der Waals surface area contributed by atoms with Gasteiger partial charge in [0, 0.05) is 12.8 Å². The van der Waals surface area contributed by atoms with Gasteiger partial charge < -0.3 is 16.4 Å². The maximum Gasteiger partial charge on any atom is 2.00 e. The minimum absolute atomic E-state index is 0. The van der Waals surface area contributed by atoms with E-state index in [0.29, 0.717) is 32.2 Å². The first-order valence-electron chi connectivity index (χ1n) is 7.78. The van der Waals surface area contributed by atoms with E-state index in [9.17, 15) is 0 Å². The molecule has 0 unspecified atom stereocenters. The SMILES string of the molecule is CC(C)c1cn(CCOCC[NH-])nn1.C[C-](C)CC(C)C.[W+2]. The fourth-order valence-electron chi connectivity index (χ4n) is 1.84. The summed E-state index contributed by atoms with van der Waals surface area (Å²) in [5.74, 6) is 2.79. The molecule has 22 heavy (non-hydrogen) atoms. The van der Waals surface area contributed by atoms with E-state index in [1.165, 1.54) is 12.3 Å². The van der Waals surface area contributed by atoms with Gasteiger partial charge in [0.25, 0.3) is 0 Å². The molecule has 0 atom stereocenters. The van der Waals surface area contributed by atoms with Crippen molar-refractivity contribution in [1.82, 2.24) is 15.0 Å². The normalized spacial score (nSPS) is 10.6. The number of nitrogens with one attached hydrogen (secondary N) is 1. The van der Waals surface area contributed by atoms with E-state index < -0.39 is 0 Å². The van der Waals surface area contributed by atoms with Crippen LogP contribution in [0.4, 0.5) is 0 Å². The molecule has 0 fully saturated rings. The number of ether oxygens (including phenoxy) is 1. The largest absolute Gasteiger partial charge is 2.00 e. The molecule has 0 saturated carbocycles. The molecule has 1 aromatic rings. The summed E-state index contributed by atoms with van der Waals surface area (Å²) in [4.78, 5) is 0. The Bertz CT molecular complexity index is 348. The molecule has 6 heteroatoms. The van der Waals surface area contributed by atoms with Crippen molar-refractivity contribution in [2.24, 2.45) is 5.92 Å². The quantitative estimate of drug-likeness (QED) is 0.416. The number of hydrogen-bond donors (Lipinski definition) is 0. The summed E-state index contributed by atoms with van der Waals surface area (Å²) in [5, 5.41) is 8.01. The summed E-state index contributed by atoms with van der Waals surface area (Å²) in [6.07, 6.45) is 3.22. The molecular weight excluding hydrogens is 448 g/mol. The zero-order valence-corrected chi connectivity index (χ0v) is 17.9. The molecule has 5 nitrogen and oxygen atoms in total. The van der Waals surface area contributed by atoms with Crippen LogP contribution in [0.5, 0.6) is 0 Å². The van der Waals surface area contributed by atoms with E-state index >= 15 is 0 Å². The molecule has 1 heterocycles. The van der Waals surface area contributed by atoms with Crippen molar-refractivity contribution < 1.29 is 25.8 Å². The smallest absolute Gasteiger partial charge is 0.676 e. The molecule has 128 valence electrons. The third-order valence-electron chi connectivity index (χ3n) is 2.68. The Morgan fingerprint density at radius 2 is 1.86 bits per heavy atom. The van der Waals surface area contributed by atoms with Crippen LogP contribution in [0.25, 0.3) is 5.73 Å². The van der Waals surface area contributed by atoms with Crippen molar-refractivity contribution in [2.45, 2.75) is 60.4 Å². The molecule has 0 saturated heterocycles. The van der Waals surface area contributed by atoms with Gasteiger partial charge >= 0.3 is 21.1 Å². The maximum atomic E-state index is 6.89. The summed E-state index contributed by atoms with van der Waals surface area (Å²) in [6, 6.07) is 0. The van der Waals surface area contributed by atoms with Crippen molar-refractivity contribution in [3.8, 4) is 0 Å². The molecule has 0 amide bonds. The first-order valence-corrected chi connectivity index (χ1v) is 7.78. The first kappa shape index (κ1) is 24.0. The molecule has 1 rings (SSSR count). The maximum absolute atomic E-state index is 6.89. The van der Waals surface area contributed by atoms with Gasteiger partial charge in [-0.15, -0.1) is 11.6 Å². The molecular formula is C16H32N4OW. The van der Waals surface area contributed by atoms with Crippen LogP contribution in [-0.2, 0) is 32.3 Å². The van der Waals surface area contributed by atoms with Crippen LogP contribution in [0.2, 0.25) is 0 Å². The van der Waals surface area contributed by atoms with Gasteiger partial charge in [-0.25, -0.2) is 4.68 Å². The van der Waals surface area contributed by atoms with E-state index in [-0.39, 0.29) is 21.1 Å². The van der Waals surface area contributed by atoms with Gasteiger partial charge in [0.1, 0.15) is 0 Å². The van der Waals surface area contributed by atoms with Gasteiger partial charge in [0.05, 0.1) is 18.8 Å². The van der Waals surface area contributed by atoms with Crippen LogP contribution in [-0.4, -0.2) is 34.8 Å². The van der Waals surface area contributed by atoms with E-state index in [4.69, 9.17) is 10.5 Å². The topological polar surface area (TPSA) is 63.7 Å². The average Bonchev–Trinajstić information content (AvgIpc) is 2.82. The fraction of sp³-hybridized carbons (Fsp3) is 0.812. The monoisotopic (exact) mass is 480 g/mol. The third-order valence-corrected chi connectivity index (χ3v) is 2.68. The Morgan fingerprint density at radius 3 is 2.23 bits per heavy atom. The number of rotatable bonds is 8. The molecule has 0 bridgehead atoms. The summed E-state index contributed by atoms with van der Waals surface area (Å²) in [7, 11) is 0. The summed E-state index contributed by atoms with van der Waals surface area (Å²) in [6.45, 7) is 15.1. The van der Waals surface area contributed by atoms with Crippen molar-refractivity contribution >= 4 is 0 Å². The number of nitrogens with zero attached hydrogens (tertiary/aromatic N) is 3. The molecule has 0 aliphatic carbocycles. The van der Waals surface area contributed by atoms with Crippen LogP contribution in [0.3, 0.4) is 0 Å². The van der Waals surface area contributed by atoms with Crippen LogP contribution >= 0.6 is 0 Å².